The molecule has 3 N–H and O–H groups in total. The second-order valence-corrected chi connectivity index (χ2v) is 5.41. The Morgan fingerprint density at radius 2 is 2.14 bits per heavy atom. The van der Waals surface area contributed by atoms with Crippen LogP contribution in [0.25, 0.3) is 11.5 Å². The van der Waals surface area contributed by atoms with Gasteiger partial charge in [-0.15, -0.1) is 0 Å². The molecule has 21 heavy (non-hydrogen) atoms. The van der Waals surface area contributed by atoms with Gasteiger partial charge < -0.3 is 15.4 Å². The Labute approximate surface area is 124 Å². The highest BCUT2D eigenvalue weighted by Crippen LogP contribution is 2.19. The van der Waals surface area contributed by atoms with E-state index in [1.54, 1.807) is 12.1 Å². The molecule has 0 saturated heterocycles. The van der Waals surface area contributed by atoms with Gasteiger partial charge in [0.1, 0.15) is 11.9 Å². The molecule has 1 unspecified atom stereocenters. The predicted molar refractivity (Wildman–Crippen MR) is 76.1 cm³/mol. The van der Waals surface area contributed by atoms with Gasteiger partial charge in [0.05, 0.1) is 5.75 Å². The second-order valence-electron chi connectivity index (χ2n) is 4.31. The van der Waals surface area contributed by atoms with E-state index in [9.17, 15) is 9.18 Å². The van der Waals surface area contributed by atoms with Crippen molar-refractivity contribution in [2.24, 2.45) is 5.73 Å². The molecule has 6 nitrogen and oxygen atoms in total. The Bertz CT molecular complexity index is 603. The smallest absolute Gasteiger partial charge is 0.320 e. The van der Waals surface area contributed by atoms with E-state index in [0.29, 0.717) is 35.2 Å². The number of aromatic nitrogens is 2. The van der Waals surface area contributed by atoms with Crippen molar-refractivity contribution in [2.45, 2.75) is 18.2 Å². The number of carboxylic acids is 1. The van der Waals surface area contributed by atoms with Gasteiger partial charge in [0.15, 0.2) is 5.82 Å². The first kappa shape index (κ1) is 15.5. The van der Waals surface area contributed by atoms with Crippen molar-refractivity contribution in [1.82, 2.24) is 10.1 Å². The highest BCUT2D eigenvalue weighted by Gasteiger charge is 2.12. The molecule has 0 bridgehead atoms. The molecule has 0 radical (unpaired) electrons. The van der Waals surface area contributed by atoms with Crippen LogP contribution >= 0.6 is 11.8 Å². The molecule has 0 spiro atoms. The molecule has 1 aromatic heterocycles. The molecule has 112 valence electrons. The number of aliphatic carboxylic acids is 1. The lowest BCUT2D eigenvalue weighted by Crippen LogP contribution is -2.30. The van der Waals surface area contributed by atoms with Crippen LogP contribution in [0.15, 0.2) is 28.8 Å². The Balaban J connectivity index is 1.83. The number of carboxylic acid groups (broad SMARTS) is 1. The molecule has 1 heterocycles. The minimum atomic E-state index is -1.01. The SMILES string of the molecule is NC(CCSCc1noc(-c2ccc(F)cc2)n1)C(=O)O. The fourth-order valence-corrected chi connectivity index (χ4v) is 2.38. The van der Waals surface area contributed by atoms with Gasteiger partial charge in [0.25, 0.3) is 5.89 Å². The number of hydrogen-bond donors (Lipinski definition) is 2. The normalized spacial score (nSPS) is 12.3. The van der Waals surface area contributed by atoms with Gasteiger partial charge in [0, 0.05) is 5.56 Å². The first-order valence-electron chi connectivity index (χ1n) is 6.21. The molecule has 1 aromatic carbocycles. The van der Waals surface area contributed by atoms with Gasteiger partial charge >= 0.3 is 5.97 Å². The van der Waals surface area contributed by atoms with Gasteiger partial charge in [-0.1, -0.05) is 5.16 Å². The Morgan fingerprint density at radius 3 is 2.81 bits per heavy atom. The summed E-state index contributed by atoms with van der Waals surface area (Å²) in [5.41, 5.74) is 6.04. The zero-order valence-electron chi connectivity index (χ0n) is 11.0. The number of halogens is 1. The van der Waals surface area contributed by atoms with Crippen LogP contribution in [0.3, 0.4) is 0 Å². The van der Waals surface area contributed by atoms with Crippen LogP contribution in [0.2, 0.25) is 0 Å². The summed E-state index contributed by atoms with van der Waals surface area (Å²) in [6, 6.07) is 4.91. The molecular weight excluding hydrogens is 297 g/mol. The highest BCUT2D eigenvalue weighted by molar-refractivity contribution is 7.98. The summed E-state index contributed by atoms with van der Waals surface area (Å²) in [6.45, 7) is 0. The first-order chi connectivity index (χ1) is 10.1. The quantitative estimate of drug-likeness (QED) is 0.753. The summed E-state index contributed by atoms with van der Waals surface area (Å²) in [6.07, 6.45) is 0.378. The van der Waals surface area contributed by atoms with Crippen molar-refractivity contribution >= 4 is 17.7 Å². The maximum absolute atomic E-state index is 12.8. The first-order valence-corrected chi connectivity index (χ1v) is 7.36. The maximum Gasteiger partial charge on any atom is 0.320 e. The van der Waals surface area contributed by atoms with Crippen molar-refractivity contribution in [3.05, 3.63) is 35.9 Å². The van der Waals surface area contributed by atoms with Crippen molar-refractivity contribution in [3.8, 4) is 11.5 Å². The zero-order valence-corrected chi connectivity index (χ0v) is 11.8. The molecule has 0 aliphatic carbocycles. The highest BCUT2D eigenvalue weighted by atomic mass is 32.2. The molecule has 0 saturated carbocycles. The number of nitrogens with zero attached hydrogens (tertiary/aromatic N) is 2. The van der Waals surface area contributed by atoms with E-state index in [0.717, 1.165) is 0 Å². The summed E-state index contributed by atoms with van der Waals surface area (Å²) in [7, 11) is 0. The van der Waals surface area contributed by atoms with Gasteiger partial charge in [-0.3, -0.25) is 4.79 Å². The zero-order chi connectivity index (χ0) is 15.2. The van der Waals surface area contributed by atoms with E-state index in [2.05, 4.69) is 10.1 Å². The summed E-state index contributed by atoms with van der Waals surface area (Å²) >= 11 is 1.47. The van der Waals surface area contributed by atoms with E-state index < -0.39 is 12.0 Å². The lowest BCUT2D eigenvalue weighted by molar-refractivity contribution is -0.138. The molecule has 0 amide bonds. The molecule has 0 fully saturated rings. The fourth-order valence-electron chi connectivity index (χ4n) is 1.52. The van der Waals surface area contributed by atoms with Crippen LogP contribution in [0.1, 0.15) is 12.2 Å². The van der Waals surface area contributed by atoms with Crippen molar-refractivity contribution in [2.75, 3.05) is 5.75 Å². The average Bonchev–Trinajstić information content (AvgIpc) is 2.93. The number of hydrogen-bond acceptors (Lipinski definition) is 6. The average molecular weight is 311 g/mol. The van der Waals surface area contributed by atoms with Gasteiger partial charge in [0.2, 0.25) is 0 Å². The number of benzene rings is 1. The molecule has 0 aliphatic heterocycles. The minimum absolute atomic E-state index is 0.327. The van der Waals surface area contributed by atoms with Crippen LogP contribution in [0.4, 0.5) is 4.39 Å². The third-order valence-electron chi connectivity index (χ3n) is 2.68. The van der Waals surface area contributed by atoms with Crippen LogP contribution < -0.4 is 5.73 Å². The van der Waals surface area contributed by atoms with Crippen LogP contribution in [0, 0.1) is 5.82 Å². The van der Waals surface area contributed by atoms with E-state index in [1.807, 2.05) is 0 Å². The lowest BCUT2D eigenvalue weighted by Gasteiger charge is -2.04. The molecule has 8 heteroatoms. The van der Waals surface area contributed by atoms with E-state index in [1.165, 1.54) is 23.9 Å². The summed E-state index contributed by atoms with van der Waals surface area (Å²) in [4.78, 5) is 14.7. The van der Waals surface area contributed by atoms with E-state index >= 15 is 0 Å². The molecule has 1 atom stereocenters. The molecule has 0 aliphatic rings. The standard InChI is InChI=1S/C13H14FN3O3S/c14-9-3-1-8(2-4-9)12-16-11(17-20-12)7-21-6-5-10(15)13(18)19/h1-4,10H,5-7,15H2,(H,18,19). The lowest BCUT2D eigenvalue weighted by atomic mass is 10.2. The topological polar surface area (TPSA) is 102 Å². The van der Waals surface area contributed by atoms with Gasteiger partial charge in [-0.05, 0) is 36.4 Å². The van der Waals surface area contributed by atoms with E-state index in [-0.39, 0.29) is 5.82 Å². The number of nitrogens with two attached hydrogens (primary N) is 1. The maximum atomic E-state index is 12.8. The molecular formula is C13H14FN3O3S. The monoisotopic (exact) mass is 311 g/mol. The number of carbonyl (C=O) groups is 1. The van der Waals surface area contributed by atoms with Crippen LogP contribution in [0.5, 0.6) is 0 Å². The Morgan fingerprint density at radius 1 is 1.43 bits per heavy atom. The van der Waals surface area contributed by atoms with Crippen molar-refractivity contribution < 1.29 is 18.8 Å². The number of rotatable bonds is 7. The third-order valence-corrected chi connectivity index (χ3v) is 3.67. The van der Waals surface area contributed by atoms with Crippen LogP contribution in [-0.4, -0.2) is 33.0 Å². The second kappa shape index (κ2) is 7.19. The largest absolute Gasteiger partial charge is 0.480 e. The fraction of sp³-hybridized carbons (Fsp3) is 0.308. The van der Waals surface area contributed by atoms with Crippen molar-refractivity contribution in [1.29, 1.82) is 0 Å². The summed E-state index contributed by atoms with van der Waals surface area (Å²) in [5.74, 6) is 0.582. The van der Waals surface area contributed by atoms with Gasteiger partial charge in [-0.2, -0.15) is 16.7 Å². The summed E-state index contributed by atoms with van der Waals surface area (Å²) < 4.78 is 17.9. The predicted octanol–water partition coefficient (Wildman–Crippen LogP) is 1.91. The summed E-state index contributed by atoms with van der Waals surface area (Å²) in [5, 5.41) is 12.5. The van der Waals surface area contributed by atoms with Crippen LogP contribution in [-0.2, 0) is 10.5 Å². The van der Waals surface area contributed by atoms with Gasteiger partial charge in [-0.25, -0.2) is 4.39 Å². The minimum Gasteiger partial charge on any atom is -0.480 e. The molecule has 2 rings (SSSR count). The Hall–Kier alpha value is -1.93. The number of thioether (sulfide) groups is 1. The van der Waals surface area contributed by atoms with Crippen molar-refractivity contribution in [3.63, 3.8) is 0 Å². The van der Waals surface area contributed by atoms with E-state index in [4.69, 9.17) is 15.4 Å². The third kappa shape index (κ3) is 4.54. The Kier molecular flexibility index (Phi) is 5.29. The molecule has 2 aromatic rings.